The topological polar surface area (TPSA) is 58.4 Å². The molecule has 3 N–H and O–H groups in total. The second kappa shape index (κ2) is 5.61. The number of carbonyl (C=O) groups excluding carboxylic acids is 1. The summed E-state index contributed by atoms with van der Waals surface area (Å²) in [7, 11) is 1.76. The number of halogens is 1. The lowest BCUT2D eigenvalue weighted by atomic mass is 10.3. The fraction of sp³-hybridized carbons (Fsp3) is 0.364. The number of benzene rings is 1. The van der Waals surface area contributed by atoms with Gasteiger partial charge in [0.05, 0.1) is 17.3 Å². The average molecular weight is 242 g/mol. The number of nitrogen functional groups attached to an aromatic ring is 1. The van der Waals surface area contributed by atoms with Crippen molar-refractivity contribution in [2.45, 2.75) is 6.92 Å². The van der Waals surface area contributed by atoms with E-state index in [1.807, 2.05) is 6.92 Å². The lowest BCUT2D eigenvalue weighted by molar-refractivity contribution is -0.127. The highest BCUT2D eigenvalue weighted by molar-refractivity contribution is 6.33. The third kappa shape index (κ3) is 3.31. The van der Waals surface area contributed by atoms with Crippen molar-refractivity contribution in [1.29, 1.82) is 0 Å². The molecule has 0 aromatic heterocycles. The van der Waals surface area contributed by atoms with E-state index in [-0.39, 0.29) is 12.5 Å². The molecule has 88 valence electrons. The van der Waals surface area contributed by atoms with Gasteiger partial charge in [-0.05, 0) is 25.1 Å². The first-order valence-corrected chi connectivity index (χ1v) is 5.45. The first-order chi connectivity index (χ1) is 7.54. The summed E-state index contributed by atoms with van der Waals surface area (Å²) in [6, 6.07) is 5.15. The van der Waals surface area contributed by atoms with Gasteiger partial charge in [0, 0.05) is 19.3 Å². The van der Waals surface area contributed by atoms with Gasteiger partial charge in [0.1, 0.15) is 0 Å². The molecule has 0 bridgehead atoms. The second-order valence-electron chi connectivity index (χ2n) is 3.50. The van der Waals surface area contributed by atoms with E-state index >= 15 is 0 Å². The molecule has 4 nitrogen and oxygen atoms in total. The largest absolute Gasteiger partial charge is 0.399 e. The molecule has 0 aliphatic carbocycles. The van der Waals surface area contributed by atoms with Crippen molar-refractivity contribution in [1.82, 2.24) is 4.90 Å². The number of anilines is 2. The molecule has 0 spiro atoms. The predicted molar refractivity (Wildman–Crippen MR) is 67.7 cm³/mol. The number of hydrogen-bond acceptors (Lipinski definition) is 3. The molecule has 16 heavy (non-hydrogen) atoms. The monoisotopic (exact) mass is 241 g/mol. The SMILES string of the molecule is CCN(C)C(=O)CNc1ccc(N)cc1Cl. The summed E-state index contributed by atoms with van der Waals surface area (Å²) in [5, 5.41) is 3.50. The summed E-state index contributed by atoms with van der Waals surface area (Å²) in [6.07, 6.45) is 0. The van der Waals surface area contributed by atoms with Gasteiger partial charge in [0.25, 0.3) is 0 Å². The molecule has 0 fully saturated rings. The number of nitrogens with one attached hydrogen (secondary N) is 1. The minimum absolute atomic E-state index is 0.0235. The van der Waals surface area contributed by atoms with E-state index < -0.39 is 0 Å². The number of rotatable bonds is 4. The summed E-state index contributed by atoms with van der Waals surface area (Å²) in [5.41, 5.74) is 6.89. The van der Waals surface area contributed by atoms with Gasteiger partial charge in [-0.3, -0.25) is 4.79 Å². The average Bonchev–Trinajstić information content (AvgIpc) is 2.26. The van der Waals surface area contributed by atoms with Gasteiger partial charge in [-0.25, -0.2) is 0 Å². The van der Waals surface area contributed by atoms with E-state index in [1.165, 1.54) is 0 Å². The molecule has 1 aromatic rings. The molecule has 0 saturated heterocycles. The van der Waals surface area contributed by atoms with Gasteiger partial charge in [-0.1, -0.05) is 11.6 Å². The summed E-state index contributed by atoms with van der Waals surface area (Å²) in [4.78, 5) is 13.2. The van der Waals surface area contributed by atoms with Crippen LogP contribution in [0.25, 0.3) is 0 Å². The highest BCUT2D eigenvalue weighted by Gasteiger charge is 2.07. The molecule has 0 aliphatic heterocycles. The second-order valence-corrected chi connectivity index (χ2v) is 3.91. The molecule has 1 rings (SSSR count). The van der Waals surface area contributed by atoms with Crippen molar-refractivity contribution in [3.05, 3.63) is 23.2 Å². The van der Waals surface area contributed by atoms with Crippen LogP contribution in [-0.4, -0.2) is 30.9 Å². The van der Waals surface area contributed by atoms with Crippen molar-refractivity contribution >= 4 is 28.9 Å². The smallest absolute Gasteiger partial charge is 0.241 e. The van der Waals surface area contributed by atoms with Gasteiger partial charge in [-0.15, -0.1) is 0 Å². The molecule has 5 heteroatoms. The van der Waals surface area contributed by atoms with E-state index in [9.17, 15) is 4.79 Å². The van der Waals surface area contributed by atoms with Crippen LogP contribution in [0.3, 0.4) is 0 Å². The molecule has 0 radical (unpaired) electrons. The van der Waals surface area contributed by atoms with E-state index in [2.05, 4.69) is 5.32 Å². The minimum atomic E-state index is 0.0235. The Kier molecular flexibility index (Phi) is 4.43. The third-order valence-corrected chi connectivity index (χ3v) is 2.64. The molecule has 0 saturated carbocycles. The Bertz CT molecular complexity index is 381. The third-order valence-electron chi connectivity index (χ3n) is 2.32. The van der Waals surface area contributed by atoms with Crippen molar-refractivity contribution < 1.29 is 4.79 Å². The molecule has 1 aromatic carbocycles. The van der Waals surface area contributed by atoms with Crippen LogP contribution in [0.4, 0.5) is 11.4 Å². The zero-order valence-corrected chi connectivity index (χ0v) is 10.2. The molecule has 0 heterocycles. The van der Waals surface area contributed by atoms with Crippen molar-refractivity contribution in [3.63, 3.8) is 0 Å². The quantitative estimate of drug-likeness (QED) is 0.791. The van der Waals surface area contributed by atoms with Gasteiger partial charge >= 0.3 is 0 Å². The summed E-state index contributed by atoms with van der Waals surface area (Å²) in [6.45, 7) is 2.85. The van der Waals surface area contributed by atoms with Crippen LogP contribution in [0.1, 0.15) is 6.92 Å². The maximum atomic E-state index is 11.5. The number of nitrogens with two attached hydrogens (primary N) is 1. The van der Waals surface area contributed by atoms with Crippen LogP contribution in [0, 0.1) is 0 Å². The molecular formula is C11H16ClN3O. The Morgan fingerprint density at radius 3 is 2.81 bits per heavy atom. The lowest BCUT2D eigenvalue weighted by Crippen LogP contribution is -2.31. The zero-order valence-electron chi connectivity index (χ0n) is 9.46. The van der Waals surface area contributed by atoms with Crippen molar-refractivity contribution in [2.75, 3.05) is 31.2 Å². The molecule has 0 atom stereocenters. The number of nitrogens with zero attached hydrogens (tertiary/aromatic N) is 1. The number of amides is 1. The normalized spacial score (nSPS) is 9.94. The minimum Gasteiger partial charge on any atom is -0.399 e. The van der Waals surface area contributed by atoms with Gasteiger partial charge in [-0.2, -0.15) is 0 Å². The Morgan fingerprint density at radius 2 is 2.25 bits per heavy atom. The van der Waals surface area contributed by atoms with E-state index in [0.29, 0.717) is 22.9 Å². The van der Waals surface area contributed by atoms with Crippen LogP contribution >= 0.6 is 11.6 Å². The highest BCUT2D eigenvalue weighted by atomic mass is 35.5. The van der Waals surface area contributed by atoms with Crippen LogP contribution in [0.15, 0.2) is 18.2 Å². The first kappa shape index (κ1) is 12.6. The Morgan fingerprint density at radius 1 is 1.56 bits per heavy atom. The molecule has 0 unspecified atom stereocenters. The highest BCUT2D eigenvalue weighted by Crippen LogP contribution is 2.23. The standard InChI is InChI=1S/C11H16ClN3O/c1-3-15(2)11(16)7-14-10-5-4-8(13)6-9(10)12/h4-6,14H,3,7,13H2,1-2H3. The van der Waals surface area contributed by atoms with Crippen LogP contribution < -0.4 is 11.1 Å². The fourth-order valence-electron chi connectivity index (χ4n) is 1.16. The van der Waals surface area contributed by atoms with Crippen LogP contribution in [0.2, 0.25) is 5.02 Å². The van der Waals surface area contributed by atoms with Crippen molar-refractivity contribution in [3.8, 4) is 0 Å². The fourth-order valence-corrected chi connectivity index (χ4v) is 1.41. The number of hydrogen-bond donors (Lipinski definition) is 2. The Balaban J connectivity index is 2.58. The maximum absolute atomic E-state index is 11.5. The zero-order chi connectivity index (χ0) is 12.1. The number of likely N-dealkylation sites (N-methyl/N-ethyl adjacent to an activating group) is 1. The molecule has 1 amide bonds. The number of carbonyl (C=O) groups is 1. The lowest BCUT2D eigenvalue weighted by Gasteiger charge is -2.15. The Labute approximate surface area is 100 Å². The summed E-state index contributed by atoms with van der Waals surface area (Å²) >= 11 is 5.96. The van der Waals surface area contributed by atoms with Gasteiger partial charge in [0.2, 0.25) is 5.91 Å². The van der Waals surface area contributed by atoms with Gasteiger partial charge in [0.15, 0.2) is 0 Å². The van der Waals surface area contributed by atoms with Crippen LogP contribution in [-0.2, 0) is 4.79 Å². The Hall–Kier alpha value is -1.42. The van der Waals surface area contributed by atoms with E-state index in [4.69, 9.17) is 17.3 Å². The molecular weight excluding hydrogens is 226 g/mol. The first-order valence-electron chi connectivity index (χ1n) is 5.07. The van der Waals surface area contributed by atoms with Crippen LogP contribution in [0.5, 0.6) is 0 Å². The molecule has 0 aliphatic rings. The maximum Gasteiger partial charge on any atom is 0.241 e. The predicted octanol–water partition coefficient (Wildman–Crippen LogP) is 1.81. The van der Waals surface area contributed by atoms with Crippen molar-refractivity contribution in [2.24, 2.45) is 0 Å². The summed E-state index contributed by atoms with van der Waals surface area (Å²) in [5.74, 6) is 0.0235. The van der Waals surface area contributed by atoms with Gasteiger partial charge < -0.3 is 16.0 Å². The summed E-state index contributed by atoms with van der Waals surface area (Å²) < 4.78 is 0. The van der Waals surface area contributed by atoms with E-state index in [0.717, 1.165) is 0 Å². The van der Waals surface area contributed by atoms with E-state index in [1.54, 1.807) is 30.1 Å².